The molecule has 0 aliphatic rings. The first-order chi connectivity index (χ1) is 13.8. The molecule has 0 fully saturated rings. The molecule has 3 rings (SSSR count). The van der Waals surface area contributed by atoms with Crippen molar-refractivity contribution in [1.29, 1.82) is 0 Å². The number of sulfonamides is 1. The average Bonchev–Trinajstić information content (AvgIpc) is 3.15. The summed E-state index contributed by atoms with van der Waals surface area (Å²) in [5, 5.41) is 7.34. The van der Waals surface area contributed by atoms with Crippen LogP contribution in [0.5, 0.6) is 0 Å². The predicted octanol–water partition coefficient (Wildman–Crippen LogP) is 3.08. The van der Waals surface area contributed by atoms with Gasteiger partial charge >= 0.3 is 0 Å². The van der Waals surface area contributed by atoms with Gasteiger partial charge in [-0.2, -0.15) is 0 Å². The average molecular weight is 431 g/mol. The Morgan fingerprint density at radius 2 is 1.59 bits per heavy atom. The normalized spacial score (nSPS) is 10.9. The van der Waals surface area contributed by atoms with Gasteiger partial charge in [-0.3, -0.25) is 14.3 Å². The minimum Gasteiger partial charge on any atom is -0.326 e. The van der Waals surface area contributed by atoms with Gasteiger partial charge in [0.05, 0.1) is 11.3 Å². The number of anilines is 3. The van der Waals surface area contributed by atoms with Crippen LogP contribution in [0.1, 0.15) is 12.5 Å². The van der Waals surface area contributed by atoms with Crippen LogP contribution in [0, 0.1) is 0 Å². The summed E-state index contributed by atoms with van der Waals surface area (Å²) >= 11 is 1.18. The lowest BCUT2D eigenvalue weighted by Gasteiger charge is -2.08. The molecule has 29 heavy (non-hydrogen) atoms. The number of carbonyl (C=O) groups excluding carboxylic acids is 2. The van der Waals surface area contributed by atoms with E-state index in [1.807, 2.05) is 0 Å². The van der Waals surface area contributed by atoms with Crippen LogP contribution in [0.3, 0.4) is 0 Å². The molecule has 3 N–H and O–H groups in total. The zero-order valence-electron chi connectivity index (χ0n) is 15.4. The lowest BCUT2D eigenvalue weighted by atomic mass is 10.1. The summed E-state index contributed by atoms with van der Waals surface area (Å²) in [5.41, 5.74) is 1.92. The van der Waals surface area contributed by atoms with Gasteiger partial charge in [-0.15, -0.1) is 11.3 Å². The monoisotopic (exact) mass is 430 g/mol. The van der Waals surface area contributed by atoms with Crippen LogP contribution in [-0.4, -0.2) is 25.2 Å². The maximum Gasteiger partial charge on any atom is 0.263 e. The lowest BCUT2D eigenvalue weighted by Crippen LogP contribution is -2.15. The quantitative estimate of drug-likeness (QED) is 0.532. The molecule has 0 aliphatic carbocycles. The summed E-state index contributed by atoms with van der Waals surface area (Å²) < 4.78 is 27.0. The summed E-state index contributed by atoms with van der Waals surface area (Å²) in [4.78, 5) is 27.2. The molecule has 0 saturated heterocycles. The van der Waals surface area contributed by atoms with E-state index in [4.69, 9.17) is 0 Å². The molecule has 0 spiro atoms. The second kappa shape index (κ2) is 8.84. The summed E-state index contributed by atoms with van der Waals surface area (Å²) in [6.45, 7) is 1.42. The van der Waals surface area contributed by atoms with E-state index < -0.39 is 10.0 Å². The van der Waals surface area contributed by atoms with Crippen LogP contribution in [0.15, 0.2) is 65.0 Å². The highest BCUT2D eigenvalue weighted by molar-refractivity contribution is 7.93. The number of hydrogen-bond acceptors (Lipinski definition) is 6. The number of rotatable bonds is 7. The maximum absolute atomic E-state index is 12.3. The van der Waals surface area contributed by atoms with Crippen molar-refractivity contribution in [3.63, 3.8) is 0 Å². The van der Waals surface area contributed by atoms with E-state index in [0.29, 0.717) is 11.4 Å². The minimum absolute atomic E-state index is 0.0688. The van der Waals surface area contributed by atoms with E-state index in [1.165, 1.54) is 48.7 Å². The zero-order valence-corrected chi connectivity index (χ0v) is 17.0. The molecule has 2 amide bonds. The maximum atomic E-state index is 12.3. The number of nitrogens with zero attached hydrogens (tertiary/aromatic N) is 1. The molecule has 0 radical (unpaired) electrons. The molecule has 0 saturated carbocycles. The molecule has 0 aliphatic heterocycles. The Hall–Kier alpha value is -3.24. The first kappa shape index (κ1) is 20.5. The molecule has 10 heteroatoms. The predicted molar refractivity (Wildman–Crippen MR) is 112 cm³/mol. The highest BCUT2D eigenvalue weighted by Gasteiger charge is 2.15. The number of carbonyl (C=O) groups is 2. The molecule has 0 bridgehead atoms. The van der Waals surface area contributed by atoms with Crippen LogP contribution in [0.2, 0.25) is 0 Å². The van der Waals surface area contributed by atoms with Gasteiger partial charge in [0, 0.05) is 29.9 Å². The molecule has 0 unspecified atom stereocenters. The molecule has 3 aromatic rings. The van der Waals surface area contributed by atoms with Crippen molar-refractivity contribution >= 4 is 49.7 Å². The summed E-state index contributed by atoms with van der Waals surface area (Å²) in [6.07, 6.45) is 1.65. The van der Waals surface area contributed by atoms with E-state index in [-0.39, 0.29) is 28.3 Å². The van der Waals surface area contributed by atoms with E-state index >= 15 is 0 Å². The fourth-order valence-electron chi connectivity index (χ4n) is 2.46. The van der Waals surface area contributed by atoms with Crippen LogP contribution in [0.25, 0.3) is 0 Å². The summed E-state index contributed by atoms with van der Waals surface area (Å²) in [5.74, 6) is -0.406. The number of amides is 2. The number of benzene rings is 2. The van der Waals surface area contributed by atoms with Crippen molar-refractivity contribution in [2.45, 2.75) is 18.2 Å². The minimum atomic E-state index is -3.73. The number of hydrogen-bond donors (Lipinski definition) is 3. The number of thiazole rings is 1. The van der Waals surface area contributed by atoms with Crippen LogP contribution >= 0.6 is 11.3 Å². The fraction of sp³-hybridized carbons (Fsp3) is 0.105. The van der Waals surface area contributed by atoms with Crippen molar-refractivity contribution in [3.8, 4) is 0 Å². The van der Waals surface area contributed by atoms with Crippen LogP contribution in [0.4, 0.5) is 16.5 Å². The van der Waals surface area contributed by atoms with Gasteiger partial charge in [0.15, 0.2) is 5.13 Å². The summed E-state index contributed by atoms with van der Waals surface area (Å²) in [6, 6.07) is 12.8. The van der Waals surface area contributed by atoms with Gasteiger partial charge < -0.3 is 10.6 Å². The standard InChI is InChI=1S/C19H18N4O4S2/c1-13(24)21-15-4-2-14(3-5-15)12-18(25)22-16-6-8-17(9-7-16)29(26,27)23-19-20-10-11-28-19/h2-11H,12H2,1H3,(H,20,23)(H,21,24)(H,22,25). The van der Waals surface area contributed by atoms with E-state index in [1.54, 1.807) is 29.6 Å². The van der Waals surface area contributed by atoms with Gasteiger partial charge in [-0.05, 0) is 42.0 Å². The van der Waals surface area contributed by atoms with E-state index in [9.17, 15) is 18.0 Å². The molecular formula is C19H18N4O4S2. The summed E-state index contributed by atoms with van der Waals surface area (Å²) in [7, 11) is -3.73. The first-order valence-corrected chi connectivity index (χ1v) is 10.9. The third-order valence-electron chi connectivity index (χ3n) is 3.74. The van der Waals surface area contributed by atoms with Gasteiger partial charge in [0.2, 0.25) is 11.8 Å². The molecule has 8 nitrogen and oxygen atoms in total. The number of aromatic nitrogens is 1. The third kappa shape index (κ3) is 5.87. The Morgan fingerprint density at radius 1 is 0.966 bits per heavy atom. The second-order valence-electron chi connectivity index (χ2n) is 6.07. The Bertz CT molecular complexity index is 1090. The van der Waals surface area contributed by atoms with E-state index in [2.05, 4.69) is 20.3 Å². The SMILES string of the molecule is CC(=O)Nc1ccc(CC(=O)Nc2ccc(S(=O)(=O)Nc3nccs3)cc2)cc1. The zero-order chi connectivity index (χ0) is 20.9. The molecular weight excluding hydrogens is 412 g/mol. The van der Waals surface area contributed by atoms with Crippen molar-refractivity contribution in [2.24, 2.45) is 0 Å². The topological polar surface area (TPSA) is 117 Å². The smallest absolute Gasteiger partial charge is 0.263 e. The Morgan fingerprint density at radius 3 is 2.17 bits per heavy atom. The fourth-order valence-corrected chi connectivity index (χ4v) is 4.25. The van der Waals surface area contributed by atoms with Gasteiger partial charge in [-0.25, -0.2) is 13.4 Å². The third-order valence-corrected chi connectivity index (χ3v) is 5.91. The van der Waals surface area contributed by atoms with Gasteiger partial charge in [-0.1, -0.05) is 12.1 Å². The lowest BCUT2D eigenvalue weighted by molar-refractivity contribution is -0.116. The Labute approximate surface area is 172 Å². The number of nitrogens with one attached hydrogen (secondary N) is 3. The molecule has 2 aromatic carbocycles. The van der Waals surface area contributed by atoms with Crippen molar-refractivity contribution in [1.82, 2.24) is 4.98 Å². The van der Waals surface area contributed by atoms with Crippen molar-refractivity contribution < 1.29 is 18.0 Å². The van der Waals surface area contributed by atoms with Crippen LogP contribution < -0.4 is 15.4 Å². The highest BCUT2D eigenvalue weighted by atomic mass is 32.2. The van der Waals surface area contributed by atoms with Crippen molar-refractivity contribution in [3.05, 3.63) is 65.7 Å². The van der Waals surface area contributed by atoms with Crippen molar-refractivity contribution in [2.75, 3.05) is 15.4 Å². The highest BCUT2D eigenvalue weighted by Crippen LogP contribution is 2.20. The molecule has 150 valence electrons. The molecule has 1 heterocycles. The van der Waals surface area contributed by atoms with Gasteiger partial charge in [0.25, 0.3) is 10.0 Å². The second-order valence-corrected chi connectivity index (χ2v) is 8.65. The first-order valence-electron chi connectivity index (χ1n) is 8.50. The Kier molecular flexibility index (Phi) is 6.25. The largest absolute Gasteiger partial charge is 0.326 e. The molecule has 1 aromatic heterocycles. The van der Waals surface area contributed by atoms with Crippen LogP contribution in [-0.2, 0) is 26.0 Å². The Balaban J connectivity index is 1.59. The van der Waals surface area contributed by atoms with E-state index in [0.717, 1.165) is 5.56 Å². The van der Waals surface area contributed by atoms with Gasteiger partial charge in [0.1, 0.15) is 0 Å². The molecule has 0 atom stereocenters.